The van der Waals surface area contributed by atoms with E-state index in [1.165, 1.54) is 7.11 Å². The molecule has 4 aromatic rings. The van der Waals surface area contributed by atoms with Crippen LogP contribution >= 0.6 is 0 Å². The second-order valence-electron chi connectivity index (χ2n) is 8.93. The van der Waals surface area contributed by atoms with E-state index >= 15 is 0 Å². The SMILES string of the molecule is COc1cc(C(=O)N(C)c2ccccc2COCCCCN)ccc1NC(=O)c1cccc2[nH]c(C)nc12. The molecule has 1 heterocycles. The Morgan fingerprint density at radius 1 is 1.08 bits per heavy atom. The topological polar surface area (TPSA) is 123 Å². The number of aromatic amines is 1. The molecule has 4 rings (SSSR count). The smallest absolute Gasteiger partial charge is 0.258 e. The lowest BCUT2D eigenvalue weighted by Gasteiger charge is -2.21. The molecule has 0 spiro atoms. The van der Waals surface area contributed by atoms with E-state index in [-0.39, 0.29) is 11.8 Å². The number of anilines is 2. The highest BCUT2D eigenvalue weighted by atomic mass is 16.5. The van der Waals surface area contributed by atoms with Crippen molar-refractivity contribution in [3.05, 3.63) is 83.2 Å². The van der Waals surface area contributed by atoms with Gasteiger partial charge in [0.15, 0.2) is 0 Å². The van der Waals surface area contributed by atoms with Crippen LogP contribution in [0.25, 0.3) is 11.0 Å². The molecule has 9 nitrogen and oxygen atoms in total. The average molecular weight is 516 g/mol. The molecule has 198 valence electrons. The first-order chi connectivity index (χ1) is 18.4. The van der Waals surface area contributed by atoms with Gasteiger partial charge in [-0.25, -0.2) is 4.98 Å². The molecule has 0 bridgehead atoms. The number of para-hydroxylation sites is 2. The summed E-state index contributed by atoms with van der Waals surface area (Å²) in [7, 11) is 3.22. The van der Waals surface area contributed by atoms with Crippen molar-refractivity contribution in [3.63, 3.8) is 0 Å². The summed E-state index contributed by atoms with van der Waals surface area (Å²) in [5.74, 6) is 0.564. The first-order valence-corrected chi connectivity index (χ1v) is 12.5. The average Bonchev–Trinajstić information content (AvgIpc) is 3.32. The minimum absolute atomic E-state index is 0.214. The number of methoxy groups -OCH3 is 1. The maximum Gasteiger partial charge on any atom is 0.258 e. The van der Waals surface area contributed by atoms with Gasteiger partial charge in [-0.2, -0.15) is 0 Å². The van der Waals surface area contributed by atoms with Gasteiger partial charge in [0.25, 0.3) is 11.8 Å². The number of carbonyl (C=O) groups excluding carboxylic acids is 2. The van der Waals surface area contributed by atoms with Crippen molar-refractivity contribution in [1.29, 1.82) is 0 Å². The van der Waals surface area contributed by atoms with Crippen LogP contribution in [-0.2, 0) is 11.3 Å². The first-order valence-electron chi connectivity index (χ1n) is 12.5. The lowest BCUT2D eigenvalue weighted by atomic mass is 10.1. The molecule has 4 N–H and O–H groups in total. The number of hydrogen-bond acceptors (Lipinski definition) is 6. The van der Waals surface area contributed by atoms with Gasteiger partial charge in [-0.05, 0) is 62.7 Å². The Labute approximate surface area is 222 Å². The van der Waals surface area contributed by atoms with Gasteiger partial charge < -0.3 is 30.4 Å². The molecule has 2 amide bonds. The third kappa shape index (κ3) is 6.01. The van der Waals surface area contributed by atoms with Crippen LogP contribution in [0.3, 0.4) is 0 Å². The number of fused-ring (bicyclic) bond motifs is 1. The Morgan fingerprint density at radius 2 is 1.89 bits per heavy atom. The Morgan fingerprint density at radius 3 is 2.68 bits per heavy atom. The van der Waals surface area contributed by atoms with Crippen LogP contribution < -0.4 is 20.7 Å². The van der Waals surface area contributed by atoms with E-state index in [9.17, 15) is 9.59 Å². The second-order valence-corrected chi connectivity index (χ2v) is 8.93. The van der Waals surface area contributed by atoms with Gasteiger partial charge in [-0.15, -0.1) is 0 Å². The van der Waals surface area contributed by atoms with Crippen molar-refractivity contribution in [2.75, 3.05) is 37.5 Å². The molecule has 0 aliphatic heterocycles. The number of ether oxygens (including phenoxy) is 2. The lowest BCUT2D eigenvalue weighted by Crippen LogP contribution is -2.27. The summed E-state index contributed by atoms with van der Waals surface area (Å²) in [6.45, 7) is 3.49. The number of imidazole rings is 1. The fourth-order valence-electron chi connectivity index (χ4n) is 4.25. The molecule has 0 atom stereocenters. The predicted molar refractivity (Wildman–Crippen MR) is 149 cm³/mol. The van der Waals surface area contributed by atoms with Gasteiger partial charge in [0.2, 0.25) is 0 Å². The molecule has 9 heteroatoms. The number of H-pyrrole nitrogens is 1. The minimum atomic E-state index is -0.322. The zero-order chi connectivity index (χ0) is 27.1. The van der Waals surface area contributed by atoms with Gasteiger partial charge >= 0.3 is 0 Å². The molecule has 0 saturated carbocycles. The Kier molecular flexibility index (Phi) is 8.73. The molecule has 0 aliphatic rings. The number of hydrogen-bond donors (Lipinski definition) is 3. The highest BCUT2D eigenvalue weighted by Crippen LogP contribution is 2.29. The van der Waals surface area contributed by atoms with Crippen LogP contribution in [0.4, 0.5) is 11.4 Å². The van der Waals surface area contributed by atoms with Crippen LogP contribution in [-0.4, -0.2) is 49.1 Å². The van der Waals surface area contributed by atoms with E-state index in [1.807, 2.05) is 37.3 Å². The molecule has 38 heavy (non-hydrogen) atoms. The van der Waals surface area contributed by atoms with E-state index in [4.69, 9.17) is 15.2 Å². The molecular formula is C29H33N5O4. The fraction of sp³-hybridized carbons (Fsp3) is 0.276. The Bertz CT molecular complexity index is 1430. The number of unbranched alkanes of at least 4 members (excludes halogenated alkanes) is 1. The molecule has 1 aromatic heterocycles. The number of amides is 2. The zero-order valence-corrected chi connectivity index (χ0v) is 21.9. The third-order valence-corrected chi connectivity index (χ3v) is 6.23. The van der Waals surface area contributed by atoms with E-state index in [0.717, 1.165) is 35.4 Å². The molecule has 0 aliphatic carbocycles. The van der Waals surface area contributed by atoms with Crippen molar-refractivity contribution in [1.82, 2.24) is 9.97 Å². The van der Waals surface area contributed by atoms with Crippen LogP contribution in [0.15, 0.2) is 60.7 Å². The molecular weight excluding hydrogens is 482 g/mol. The Balaban J connectivity index is 1.51. The van der Waals surface area contributed by atoms with Gasteiger partial charge in [0.1, 0.15) is 17.1 Å². The largest absolute Gasteiger partial charge is 0.495 e. The van der Waals surface area contributed by atoms with E-state index < -0.39 is 0 Å². The summed E-state index contributed by atoms with van der Waals surface area (Å²) >= 11 is 0. The van der Waals surface area contributed by atoms with Crippen molar-refractivity contribution in [3.8, 4) is 5.75 Å². The lowest BCUT2D eigenvalue weighted by molar-refractivity contribution is 0.0989. The van der Waals surface area contributed by atoms with Crippen LogP contribution in [0, 0.1) is 6.92 Å². The van der Waals surface area contributed by atoms with Gasteiger partial charge in [-0.3, -0.25) is 9.59 Å². The van der Waals surface area contributed by atoms with Crippen LogP contribution in [0.2, 0.25) is 0 Å². The molecule has 0 unspecified atom stereocenters. The second kappa shape index (κ2) is 12.4. The van der Waals surface area contributed by atoms with E-state index in [2.05, 4.69) is 15.3 Å². The number of nitrogens with zero attached hydrogens (tertiary/aromatic N) is 2. The van der Waals surface area contributed by atoms with Crippen LogP contribution in [0.1, 0.15) is 44.9 Å². The quantitative estimate of drug-likeness (QED) is 0.250. The summed E-state index contributed by atoms with van der Waals surface area (Å²) in [5, 5.41) is 2.89. The number of aromatic nitrogens is 2. The normalized spacial score (nSPS) is 10.9. The molecule has 0 saturated heterocycles. The van der Waals surface area contributed by atoms with Crippen molar-refractivity contribution >= 4 is 34.2 Å². The number of nitrogens with two attached hydrogens (primary N) is 1. The number of benzene rings is 3. The van der Waals surface area contributed by atoms with Crippen LogP contribution in [0.5, 0.6) is 5.75 Å². The molecule has 0 fully saturated rings. The fourth-order valence-corrected chi connectivity index (χ4v) is 4.25. The highest BCUT2D eigenvalue weighted by Gasteiger charge is 2.20. The minimum Gasteiger partial charge on any atom is -0.495 e. The van der Waals surface area contributed by atoms with E-state index in [0.29, 0.717) is 47.8 Å². The summed E-state index contributed by atoms with van der Waals surface area (Å²) in [5.41, 5.74) is 9.91. The maximum absolute atomic E-state index is 13.4. The summed E-state index contributed by atoms with van der Waals surface area (Å²) in [4.78, 5) is 35.6. The first kappa shape index (κ1) is 26.8. The molecule has 3 aromatic carbocycles. The van der Waals surface area contributed by atoms with Crippen molar-refractivity contribution in [2.24, 2.45) is 5.73 Å². The summed E-state index contributed by atoms with van der Waals surface area (Å²) in [6.07, 6.45) is 1.81. The van der Waals surface area contributed by atoms with Gasteiger partial charge in [0, 0.05) is 30.5 Å². The summed E-state index contributed by atoms with van der Waals surface area (Å²) < 4.78 is 11.3. The standard InChI is InChI=1S/C29H33N5O4/c1-19-31-24-11-8-10-22(27(24)32-19)28(35)33-23-14-13-20(17-26(23)37-3)29(36)34(2)25-12-5-4-9-21(25)18-38-16-7-6-15-30/h4-5,8-14,17H,6-7,15-16,18,30H2,1-3H3,(H,31,32)(H,33,35). The highest BCUT2D eigenvalue weighted by molar-refractivity contribution is 6.12. The number of rotatable bonds is 11. The summed E-state index contributed by atoms with van der Waals surface area (Å²) in [6, 6.07) is 18.0. The number of nitrogens with one attached hydrogen (secondary N) is 2. The Hall–Kier alpha value is -4.21. The van der Waals surface area contributed by atoms with Gasteiger partial charge in [-0.1, -0.05) is 24.3 Å². The van der Waals surface area contributed by atoms with Crippen molar-refractivity contribution < 1.29 is 19.1 Å². The van der Waals surface area contributed by atoms with E-state index in [1.54, 1.807) is 42.3 Å². The number of carbonyl (C=O) groups is 2. The maximum atomic E-state index is 13.4. The van der Waals surface area contributed by atoms with Crippen molar-refractivity contribution in [2.45, 2.75) is 26.4 Å². The predicted octanol–water partition coefficient (Wildman–Crippen LogP) is 4.66. The molecule has 0 radical (unpaired) electrons. The zero-order valence-electron chi connectivity index (χ0n) is 21.9. The third-order valence-electron chi connectivity index (χ3n) is 6.23. The number of aryl methyl sites for hydroxylation is 1. The van der Waals surface area contributed by atoms with Gasteiger partial charge in [0.05, 0.1) is 30.5 Å². The monoisotopic (exact) mass is 515 g/mol.